The molecule has 0 spiro atoms. The summed E-state index contributed by atoms with van der Waals surface area (Å²) in [6, 6.07) is 10.4. The molecule has 0 fully saturated rings. The van der Waals surface area contributed by atoms with Crippen molar-refractivity contribution in [2.24, 2.45) is 0 Å². The maximum atomic E-state index is 12.4. The van der Waals surface area contributed by atoms with Crippen molar-refractivity contribution in [3.8, 4) is 5.75 Å². The first kappa shape index (κ1) is 18.8. The Morgan fingerprint density at radius 2 is 1.72 bits per heavy atom. The fraction of sp³-hybridized carbons (Fsp3) is 0.133. The monoisotopic (exact) mass is 384 g/mol. The van der Waals surface area contributed by atoms with Crippen molar-refractivity contribution < 1.29 is 22.9 Å². The number of esters is 1. The average Bonchev–Trinajstić information content (AvgIpc) is 2.55. The van der Waals surface area contributed by atoms with Crippen molar-refractivity contribution in [2.45, 2.75) is 4.90 Å². The Hall–Kier alpha value is -2.49. The van der Waals surface area contributed by atoms with Gasteiger partial charge in [-0.2, -0.15) is 4.31 Å². The van der Waals surface area contributed by atoms with E-state index in [1.807, 2.05) is 0 Å². The van der Waals surface area contributed by atoms with Crippen LogP contribution in [0.25, 0.3) is 0 Å². The van der Waals surface area contributed by atoms with Gasteiger partial charge in [-0.3, -0.25) is 14.9 Å². The van der Waals surface area contributed by atoms with E-state index in [2.05, 4.69) is 0 Å². The lowest BCUT2D eigenvalue weighted by atomic mass is 10.3. The molecule has 0 unspecified atom stereocenters. The summed E-state index contributed by atoms with van der Waals surface area (Å²) in [6.07, 6.45) is 0. The lowest BCUT2D eigenvalue weighted by Crippen LogP contribution is -2.34. The van der Waals surface area contributed by atoms with Gasteiger partial charge in [-0.05, 0) is 36.4 Å². The van der Waals surface area contributed by atoms with E-state index in [9.17, 15) is 23.3 Å². The lowest BCUT2D eigenvalue weighted by molar-refractivity contribution is -0.384. The number of non-ortho nitro benzene ring substituents is 1. The predicted molar refractivity (Wildman–Crippen MR) is 90.0 cm³/mol. The molecule has 0 amide bonds. The van der Waals surface area contributed by atoms with Gasteiger partial charge in [0.2, 0.25) is 10.0 Å². The Bertz CT molecular complexity index is 881. The van der Waals surface area contributed by atoms with Gasteiger partial charge < -0.3 is 4.74 Å². The molecule has 25 heavy (non-hydrogen) atoms. The summed E-state index contributed by atoms with van der Waals surface area (Å²) in [5, 5.41) is 11.0. The molecule has 0 aromatic heterocycles. The van der Waals surface area contributed by atoms with Crippen LogP contribution >= 0.6 is 11.6 Å². The van der Waals surface area contributed by atoms with Crippen LogP contribution in [0.2, 0.25) is 5.02 Å². The molecule has 10 heteroatoms. The van der Waals surface area contributed by atoms with Crippen LogP contribution in [-0.2, 0) is 14.8 Å². The highest BCUT2D eigenvalue weighted by Crippen LogP contribution is 2.19. The molecule has 0 N–H and O–H groups in total. The number of nitro groups is 1. The number of ether oxygens (including phenoxy) is 1. The fourth-order valence-corrected chi connectivity index (χ4v) is 3.09. The van der Waals surface area contributed by atoms with E-state index in [1.54, 1.807) is 0 Å². The van der Waals surface area contributed by atoms with Crippen molar-refractivity contribution in [3.05, 3.63) is 63.7 Å². The second-order valence-corrected chi connectivity index (χ2v) is 7.42. The largest absolute Gasteiger partial charge is 0.426 e. The first-order chi connectivity index (χ1) is 11.7. The first-order valence-corrected chi connectivity index (χ1v) is 8.69. The van der Waals surface area contributed by atoms with Gasteiger partial charge in [0.1, 0.15) is 12.3 Å². The third-order valence-electron chi connectivity index (χ3n) is 3.15. The van der Waals surface area contributed by atoms with E-state index in [-0.39, 0.29) is 16.3 Å². The van der Waals surface area contributed by atoms with Crippen LogP contribution < -0.4 is 4.74 Å². The number of sulfonamides is 1. The molecule has 0 bridgehead atoms. The molecule has 8 nitrogen and oxygen atoms in total. The van der Waals surface area contributed by atoms with Gasteiger partial charge in [0, 0.05) is 24.2 Å². The maximum Gasteiger partial charge on any atom is 0.326 e. The Balaban J connectivity index is 2.04. The Labute approximate surface area is 148 Å². The number of carbonyl (C=O) groups excluding carboxylic acids is 1. The number of halogens is 1. The Morgan fingerprint density at radius 3 is 2.24 bits per heavy atom. The molecule has 0 saturated carbocycles. The maximum absolute atomic E-state index is 12.4. The van der Waals surface area contributed by atoms with Gasteiger partial charge in [0.25, 0.3) is 5.69 Å². The van der Waals surface area contributed by atoms with Crippen molar-refractivity contribution in [1.82, 2.24) is 4.31 Å². The zero-order valence-electron chi connectivity index (χ0n) is 13.0. The molecule has 0 aliphatic heterocycles. The van der Waals surface area contributed by atoms with E-state index in [1.165, 1.54) is 55.6 Å². The summed E-state index contributed by atoms with van der Waals surface area (Å²) >= 11 is 5.72. The van der Waals surface area contributed by atoms with Crippen LogP contribution in [0.1, 0.15) is 0 Å². The summed E-state index contributed by atoms with van der Waals surface area (Å²) in [6.45, 7) is -0.526. The highest BCUT2D eigenvalue weighted by molar-refractivity contribution is 7.89. The highest BCUT2D eigenvalue weighted by Gasteiger charge is 2.23. The Morgan fingerprint density at radius 1 is 1.16 bits per heavy atom. The van der Waals surface area contributed by atoms with Crippen molar-refractivity contribution >= 4 is 33.3 Å². The van der Waals surface area contributed by atoms with E-state index in [0.29, 0.717) is 5.02 Å². The minimum atomic E-state index is -3.88. The van der Waals surface area contributed by atoms with Gasteiger partial charge in [-0.15, -0.1) is 0 Å². The van der Waals surface area contributed by atoms with Gasteiger partial charge in [0.15, 0.2) is 0 Å². The van der Waals surface area contributed by atoms with Gasteiger partial charge in [-0.1, -0.05) is 11.6 Å². The zero-order chi connectivity index (χ0) is 18.6. The number of carbonyl (C=O) groups is 1. The molecule has 0 saturated heterocycles. The van der Waals surface area contributed by atoms with E-state index >= 15 is 0 Å². The molecular formula is C15H13ClN2O6S. The smallest absolute Gasteiger partial charge is 0.326 e. The predicted octanol–water partition coefficient (Wildman–Crippen LogP) is 2.47. The SMILES string of the molecule is CN(CC(=O)Oc1ccc([N+](=O)[O-])cc1)S(=O)(=O)c1ccc(Cl)cc1. The average molecular weight is 385 g/mol. The van der Waals surface area contributed by atoms with Crippen molar-refractivity contribution in [1.29, 1.82) is 0 Å². The fourth-order valence-electron chi connectivity index (χ4n) is 1.85. The van der Waals surface area contributed by atoms with E-state index in [4.69, 9.17) is 16.3 Å². The standard InChI is InChI=1S/C15H13ClN2O6S/c1-17(25(22,23)14-8-2-11(16)3-9-14)10-15(19)24-13-6-4-12(5-7-13)18(20)21/h2-9H,10H2,1H3. The van der Waals surface area contributed by atoms with Crippen LogP contribution in [0, 0.1) is 10.1 Å². The summed E-state index contributed by atoms with van der Waals surface area (Å²) < 4.78 is 30.5. The van der Waals surface area contributed by atoms with Gasteiger partial charge in [0.05, 0.1) is 9.82 Å². The third-order valence-corrected chi connectivity index (χ3v) is 5.22. The van der Waals surface area contributed by atoms with Crippen LogP contribution in [0.4, 0.5) is 5.69 Å². The molecule has 0 heterocycles. The van der Waals surface area contributed by atoms with Gasteiger partial charge in [-0.25, -0.2) is 8.42 Å². The van der Waals surface area contributed by atoms with Crippen LogP contribution in [0.5, 0.6) is 5.75 Å². The summed E-state index contributed by atoms with van der Waals surface area (Å²) in [7, 11) is -2.64. The molecular weight excluding hydrogens is 372 g/mol. The molecule has 132 valence electrons. The minimum absolute atomic E-state index is 0.0115. The van der Waals surface area contributed by atoms with Crippen LogP contribution in [-0.4, -0.2) is 37.2 Å². The van der Waals surface area contributed by atoms with E-state index < -0.39 is 27.5 Å². The number of likely N-dealkylation sites (N-methyl/N-ethyl adjacent to an activating group) is 1. The third kappa shape index (κ3) is 4.75. The molecule has 2 aromatic rings. The minimum Gasteiger partial charge on any atom is -0.426 e. The number of rotatable bonds is 6. The summed E-state index contributed by atoms with van der Waals surface area (Å²) in [4.78, 5) is 21.9. The van der Waals surface area contributed by atoms with E-state index in [0.717, 1.165) is 4.31 Å². The van der Waals surface area contributed by atoms with Crippen LogP contribution in [0.15, 0.2) is 53.4 Å². The lowest BCUT2D eigenvalue weighted by Gasteiger charge is -2.16. The molecule has 2 rings (SSSR count). The molecule has 0 aliphatic rings. The summed E-state index contributed by atoms with van der Waals surface area (Å²) in [5.41, 5.74) is -0.151. The molecule has 2 aromatic carbocycles. The molecule has 0 radical (unpaired) electrons. The second kappa shape index (κ2) is 7.60. The number of benzene rings is 2. The first-order valence-electron chi connectivity index (χ1n) is 6.87. The number of hydrogen-bond donors (Lipinski definition) is 0. The normalized spacial score (nSPS) is 11.3. The highest BCUT2D eigenvalue weighted by atomic mass is 35.5. The number of hydrogen-bond acceptors (Lipinski definition) is 6. The molecule has 0 atom stereocenters. The van der Waals surface area contributed by atoms with Gasteiger partial charge >= 0.3 is 5.97 Å². The summed E-state index contributed by atoms with van der Waals surface area (Å²) in [5.74, 6) is -0.748. The number of nitrogens with zero attached hydrogens (tertiary/aromatic N) is 2. The topological polar surface area (TPSA) is 107 Å². The second-order valence-electron chi connectivity index (χ2n) is 4.94. The van der Waals surface area contributed by atoms with Crippen LogP contribution in [0.3, 0.4) is 0 Å². The Kier molecular flexibility index (Phi) is 5.73. The molecule has 0 aliphatic carbocycles. The van der Waals surface area contributed by atoms with Crippen molar-refractivity contribution in [3.63, 3.8) is 0 Å². The quantitative estimate of drug-likeness (QED) is 0.328. The zero-order valence-corrected chi connectivity index (χ0v) is 14.5. The number of nitro benzene ring substituents is 1. The van der Waals surface area contributed by atoms with Crippen molar-refractivity contribution in [2.75, 3.05) is 13.6 Å².